The first-order chi connectivity index (χ1) is 12.1. The molecule has 0 saturated heterocycles. The number of rotatable bonds is 4. The Morgan fingerprint density at radius 3 is 2.72 bits per heavy atom. The Morgan fingerprint density at radius 1 is 1.04 bits per heavy atom. The highest BCUT2D eigenvalue weighted by molar-refractivity contribution is 5.78. The fourth-order valence-electron chi connectivity index (χ4n) is 3.69. The summed E-state index contributed by atoms with van der Waals surface area (Å²) >= 11 is 0. The van der Waals surface area contributed by atoms with E-state index in [9.17, 15) is 0 Å². The van der Waals surface area contributed by atoms with Crippen molar-refractivity contribution in [1.29, 1.82) is 0 Å². The normalized spacial score (nSPS) is 17.5. The molecule has 3 aromatic rings. The third kappa shape index (κ3) is 3.26. The molecule has 0 amide bonds. The molecule has 1 unspecified atom stereocenters. The monoisotopic (exact) mass is 331 g/mol. The van der Waals surface area contributed by atoms with Crippen LogP contribution in [0.4, 0.5) is 0 Å². The highest BCUT2D eigenvalue weighted by atomic mass is 16.5. The molecule has 0 saturated carbocycles. The van der Waals surface area contributed by atoms with Crippen molar-refractivity contribution in [2.24, 2.45) is 0 Å². The predicted octanol–water partition coefficient (Wildman–Crippen LogP) is 5.86. The molecule has 4 rings (SSSR count). The first-order valence-electron chi connectivity index (χ1n) is 9.24. The number of aromatic nitrogens is 1. The third-order valence-corrected chi connectivity index (χ3v) is 5.30. The SMILES string of the molecule is CC(C)c1ccc2c(c1)OC(C[C@H](C)c1cnc3ccccc3c1)C2. The number of hydrogen-bond acceptors (Lipinski definition) is 2. The Hall–Kier alpha value is -2.35. The minimum Gasteiger partial charge on any atom is -0.490 e. The molecule has 25 heavy (non-hydrogen) atoms. The molecule has 1 aromatic heterocycles. The van der Waals surface area contributed by atoms with Crippen molar-refractivity contribution in [3.8, 4) is 5.75 Å². The fourth-order valence-corrected chi connectivity index (χ4v) is 3.69. The number of hydrogen-bond donors (Lipinski definition) is 0. The van der Waals surface area contributed by atoms with Gasteiger partial charge in [0.15, 0.2) is 0 Å². The van der Waals surface area contributed by atoms with E-state index in [2.05, 4.69) is 68.2 Å². The largest absolute Gasteiger partial charge is 0.490 e. The molecule has 2 atom stereocenters. The summed E-state index contributed by atoms with van der Waals surface area (Å²) in [6.07, 6.45) is 4.32. The van der Waals surface area contributed by atoms with E-state index < -0.39 is 0 Å². The van der Waals surface area contributed by atoms with Crippen LogP contribution in [-0.2, 0) is 6.42 Å². The second-order valence-corrected chi connectivity index (χ2v) is 7.56. The van der Waals surface area contributed by atoms with Gasteiger partial charge in [-0.15, -0.1) is 0 Å². The average Bonchev–Trinajstić information content (AvgIpc) is 3.02. The molecule has 0 bridgehead atoms. The summed E-state index contributed by atoms with van der Waals surface area (Å²) in [6.45, 7) is 6.73. The van der Waals surface area contributed by atoms with Crippen molar-refractivity contribution in [2.45, 2.75) is 51.6 Å². The van der Waals surface area contributed by atoms with Crippen LogP contribution in [0.2, 0.25) is 0 Å². The molecule has 1 aliphatic heterocycles. The van der Waals surface area contributed by atoms with Gasteiger partial charge in [-0.3, -0.25) is 4.98 Å². The van der Waals surface area contributed by atoms with Crippen LogP contribution in [0, 0.1) is 0 Å². The maximum atomic E-state index is 6.26. The van der Waals surface area contributed by atoms with Crippen LogP contribution < -0.4 is 4.74 Å². The van der Waals surface area contributed by atoms with Crippen LogP contribution in [0.5, 0.6) is 5.75 Å². The van der Waals surface area contributed by atoms with Crippen molar-refractivity contribution in [3.05, 3.63) is 71.4 Å². The molecule has 1 aliphatic rings. The number of nitrogens with zero attached hydrogens (tertiary/aromatic N) is 1. The first-order valence-corrected chi connectivity index (χ1v) is 9.24. The standard InChI is InChI=1S/C23H25NO/c1-15(2)17-8-9-19-12-21(25-23(19)13-17)10-16(3)20-11-18-6-4-5-7-22(18)24-14-20/h4-9,11,13-16,21H,10,12H2,1-3H3/t16-,21?/m0/s1. The maximum absolute atomic E-state index is 6.26. The van der Waals surface area contributed by atoms with Gasteiger partial charge in [0, 0.05) is 18.0 Å². The van der Waals surface area contributed by atoms with Gasteiger partial charge in [-0.1, -0.05) is 51.1 Å². The fraction of sp³-hybridized carbons (Fsp3) is 0.348. The lowest BCUT2D eigenvalue weighted by atomic mass is 9.93. The average molecular weight is 331 g/mol. The van der Waals surface area contributed by atoms with E-state index in [1.54, 1.807) is 0 Å². The summed E-state index contributed by atoms with van der Waals surface area (Å²) in [5.41, 5.74) is 5.05. The van der Waals surface area contributed by atoms with Crippen LogP contribution in [0.1, 0.15) is 55.7 Å². The van der Waals surface area contributed by atoms with Gasteiger partial charge < -0.3 is 4.74 Å². The van der Waals surface area contributed by atoms with Crippen molar-refractivity contribution >= 4 is 10.9 Å². The third-order valence-electron chi connectivity index (χ3n) is 5.30. The summed E-state index contributed by atoms with van der Waals surface area (Å²) in [7, 11) is 0. The summed E-state index contributed by atoms with van der Waals surface area (Å²) < 4.78 is 6.26. The van der Waals surface area contributed by atoms with Crippen LogP contribution >= 0.6 is 0 Å². The Balaban J connectivity index is 1.48. The van der Waals surface area contributed by atoms with Crippen molar-refractivity contribution in [1.82, 2.24) is 4.98 Å². The second-order valence-electron chi connectivity index (χ2n) is 7.56. The summed E-state index contributed by atoms with van der Waals surface area (Å²) in [4.78, 5) is 4.61. The van der Waals surface area contributed by atoms with Crippen molar-refractivity contribution in [3.63, 3.8) is 0 Å². The predicted molar refractivity (Wildman–Crippen MR) is 103 cm³/mol. The smallest absolute Gasteiger partial charge is 0.123 e. The lowest BCUT2D eigenvalue weighted by molar-refractivity contribution is 0.212. The molecular weight excluding hydrogens is 306 g/mol. The highest BCUT2D eigenvalue weighted by Gasteiger charge is 2.25. The van der Waals surface area contributed by atoms with Crippen LogP contribution in [0.15, 0.2) is 54.7 Å². The summed E-state index contributed by atoms with van der Waals surface area (Å²) in [5, 5.41) is 1.21. The van der Waals surface area contributed by atoms with Gasteiger partial charge >= 0.3 is 0 Å². The van der Waals surface area contributed by atoms with Gasteiger partial charge in [-0.05, 0) is 53.1 Å². The zero-order chi connectivity index (χ0) is 17.4. The van der Waals surface area contributed by atoms with Crippen LogP contribution in [0.25, 0.3) is 10.9 Å². The van der Waals surface area contributed by atoms with Gasteiger partial charge in [-0.2, -0.15) is 0 Å². The molecule has 2 aromatic carbocycles. The molecule has 0 fully saturated rings. The van der Waals surface area contributed by atoms with Crippen molar-refractivity contribution in [2.75, 3.05) is 0 Å². The van der Waals surface area contributed by atoms with E-state index in [1.165, 1.54) is 22.1 Å². The Kier molecular flexibility index (Phi) is 4.20. The molecule has 128 valence electrons. The topological polar surface area (TPSA) is 22.1 Å². The minimum absolute atomic E-state index is 0.263. The van der Waals surface area contributed by atoms with Gasteiger partial charge in [0.1, 0.15) is 11.9 Å². The zero-order valence-electron chi connectivity index (χ0n) is 15.2. The number of fused-ring (bicyclic) bond motifs is 2. The second kappa shape index (κ2) is 6.51. The zero-order valence-corrected chi connectivity index (χ0v) is 15.2. The number of benzene rings is 2. The quantitative estimate of drug-likeness (QED) is 0.598. The number of ether oxygens (including phenoxy) is 1. The van der Waals surface area contributed by atoms with Gasteiger partial charge in [-0.25, -0.2) is 0 Å². The molecule has 2 heterocycles. The lowest BCUT2D eigenvalue weighted by Crippen LogP contribution is -2.16. The van der Waals surface area contributed by atoms with E-state index in [-0.39, 0.29) is 6.10 Å². The molecule has 0 spiro atoms. The van der Waals surface area contributed by atoms with E-state index in [4.69, 9.17) is 4.74 Å². The van der Waals surface area contributed by atoms with E-state index >= 15 is 0 Å². The van der Waals surface area contributed by atoms with Crippen LogP contribution in [0.3, 0.4) is 0 Å². The molecular formula is C23H25NO. The molecule has 2 nitrogen and oxygen atoms in total. The highest BCUT2D eigenvalue weighted by Crippen LogP contribution is 2.35. The number of pyridine rings is 1. The Labute approximate surface area is 149 Å². The van der Waals surface area contributed by atoms with E-state index in [0.717, 1.165) is 24.1 Å². The molecule has 0 N–H and O–H groups in total. The van der Waals surface area contributed by atoms with Crippen LogP contribution in [-0.4, -0.2) is 11.1 Å². The Bertz CT molecular complexity index is 899. The number of para-hydroxylation sites is 1. The van der Waals surface area contributed by atoms with Gasteiger partial charge in [0.2, 0.25) is 0 Å². The summed E-state index contributed by atoms with van der Waals surface area (Å²) in [6, 6.07) is 17.3. The molecule has 2 heteroatoms. The molecule has 0 radical (unpaired) electrons. The van der Waals surface area contributed by atoms with E-state index in [1.807, 2.05) is 12.3 Å². The first kappa shape index (κ1) is 16.1. The molecule has 0 aliphatic carbocycles. The van der Waals surface area contributed by atoms with Crippen molar-refractivity contribution < 1.29 is 4.74 Å². The minimum atomic E-state index is 0.263. The van der Waals surface area contributed by atoms with E-state index in [0.29, 0.717) is 11.8 Å². The summed E-state index contributed by atoms with van der Waals surface area (Å²) in [5.74, 6) is 2.05. The van der Waals surface area contributed by atoms with Gasteiger partial charge in [0.05, 0.1) is 5.52 Å². The lowest BCUT2D eigenvalue weighted by Gasteiger charge is -2.17. The Morgan fingerprint density at radius 2 is 1.88 bits per heavy atom. The maximum Gasteiger partial charge on any atom is 0.123 e. The van der Waals surface area contributed by atoms with Gasteiger partial charge in [0.25, 0.3) is 0 Å².